The number of rotatable bonds is 0. The third-order valence-corrected chi connectivity index (χ3v) is 9.70. The second-order valence-corrected chi connectivity index (χ2v) is 10.5. The predicted octanol–water partition coefficient (Wildman–Crippen LogP) is 4.86. The standard InChI is InChI=1S/C24H32O3/c1-14-15(2)21-17(22(3)9-5-16(25)13-19(14)22)6-10-23(4)18(21)7-11-24(23)12-8-20(26)27-24/h7,11,13-15,17-18,21H,5-6,8-10,12H2,1-4H3/t14-,15?,17?,18?,21?,22-,23+,24-/m1/s1. The molecule has 1 spiro atoms. The first-order chi connectivity index (χ1) is 12.7. The van der Waals surface area contributed by atoms with Crippen molar-refractivity contribution in [3.63, 3.8) is 0 Å². The van der Waals surface area contributed by atoms with E-state index in [1.165, 1.54) is 12.0 Å². The first-order valence-corrected chi connectivity index (χ1v) is 10.9. The van der Waals surface area contributed by atoms with Crippen molar-refractivity contribution in [1.82, 2.24) is 0 Å². The molecule has 0 N–H and O–H groups in total. The van der Waals surface area contributed by atoms with Crippen molar-refractivity contribution in [2.24, 2.45) is 40.4 Å². The van der Waals surface area contributed by atoms with Crippen LogP contribution in [-0.4, -0.2) is 17.4 Å². The molecule has 3 heteroatoms. The summed E-state index contributed by atoms with van der Waals surface area (Å²) in [7, 11) is 0. The number of ketones is 1. The number of carbonyl (C=O) groups excluding carboxylic acids is 2. The Labute approximate surface area is 162 Å². The van der Waals surface area contributed by atoms with Crippen LogP contribution in [0.1, 0.15) is 66.2 Å². The van der Waals surface area contributed by atoms with Crippen molar-refractivity contribution in [1.29, 1.82) is 0 Å². The Morgan fingerprint density at radius 3 is 2.56 bits per heavy atom. The van der Waals surface area contributed by atoms with E-state index in [0.717, 1.165) is 19.3 Å². The summed E-state index contributed by atoms with van der Waals surface area (Å²) in [5.41, 5.74) is 1.22. The van der Waals surface area contributed by atoms with Gasteiger partial charge in [0.05, 0.1) is 0 Å². The molecule has 0 radical (unpaired) electrons. The first-order valence-electron chi connectivity index (χ1n) is 10.9. The van der Waals surface area contributed by atoms with Gasteiger partial charge in [0, 0.05) is 24.7 Å². The minimum absolute atomic E-state index is 0.0242. The molecule has 146 valence electrons. The molecule has 0 bridgehead atoms. The van der Waals surface area contributed by atoms with Crippen LogP contribution in [0.15, 0.2) is 23.8 Å². The number of allylic oxidation sites excluding steroid dienone is 3. The van der Waals surface area contributed by atoms with Gasteiger partial charge in [-0.3, -0.25) is 9.59 Å². The lowest BCUT2D eigenvalue weighted by Gasteiger charge is -2.62. The lowest BCUT2D eigenvalue weighted by atomic mass is 9.42. The second kappa shape index (κ2) is 5.36. The molecule has 0 aromatic carbocycles. The molecule has 0 amide bonds. The molecule has 8 atom stereocenters. The molecule has 1 saturated heterocycles. The van der Waals surface area contributed by atoms with Gasteiger partial charge in [0.25, 0.3) is 0 Å². The molecule has 27 heavy (non-hydrogen) atoms. The molecule has 0 aromatic rings. The average molecular weight is 369 g/mol. The average Bonchev–Trinajstić information content (AvgIpc) is 3.15. The van der Waals surface area contributed by atoms with Gasteiger partial charge in [-0.2, -0.15) is 0 Å². The van der Waals surface area contributed by atoms with E-state index < -0.39 is 0 Å². The van der Waals surface area contributed by atoms with Gasteiger partial charge >= 0.3 is 5.97 Å². The molecule has 2 saturated carbocycles. The van der Waals surface area contributed by atoms with E-state index in [0.29, 0.717) is 48.2 Å². The summed E-state index contributed by atoms with van der Waals surface area (Å²) < 4.78 is 5.99. The van der Waals surface area contributed by atoms with Gasteiger partial charge in [0.15, 0.2) is 5.78 Å². The van der Waals surface area contributed by atoms with E-state index in [2.05, 4.69) is 39.8 Å². The number of esters is 1. The molecule has 4 aliphatic carbocycles. The van der Waals surface area contributed by atoms with Crippen LogP contribution < -0.4 is 0 Å². The van der Waals surface area contributed by atoms with Crippen LogP contribution in [-0.2, 0) is 14.3 Å². The van der Waals surface area contributed by atoms with Crippen molar-refractivity contribution < 1.29 is 14.3 Å². The van der Waals surface area contributed by atoms with Crippen LogP contribution in [0.4, 0.5) is 0 Å². The Morgan fingerprint density at radius 1 is 1.07 bits per heavy atom. The largest absolute Gasteiger partial charge is 0.454 e. The van der Waals surface area contributed by atoms with E-state index >= 15 is 0 Å². The summed E-state index contributed by atoms with van der Waals surface area (Å²) in [4.78, 5) is 24.2. The summed E-state index contributed by atoms with van der Waals surface area (Å²) in [5, 5.41) is 0. The number of hydrogen-bond acceptors (Lipinski definition) is 3. The minimum atomic E-state index is -0.373. The topological polar surface area (TPSA) is 43.4 Å². The van der Waals surface area contributed by atoms with Crippen LogP contribution >= 0.6 is 0 Å². The molecule has 5 rings (SSSR count). The zero-order valence-corrected chi connectivity index (χ0v) is 17.1. The summed E-state index contributed by atoms with van der Waals surface area (Å²) in [5.74, 6) is 2.97. The van der Waals surface area contributed by atoms with Gasteiger partial charge in [0.1, 0.15) is 5.60 Å². The van der Waals surface area contributed by atoms with Gasteiger partial charge in [-0.15, -0.1) is 0 Å². The fourth-order valence-electron chi connectivity index (χ4n) is 7.93. The minimum Gasteiger partial charge on any atom is -0.454 e. The highest BCUT2D eigenvalue weighted by Crippen LogP contribution is 2.69. The SMILES string of the molecule is CC1C2C(CC[C@@]3(C)C2C=C[C@@]32CCC(=O)O2)[C@@]2(C)CCC(=O)C=C2[C@@H]1C. The predicted molar refractivity (Wildman–Crippen MR) is 104 cm³/mol. The summed E-state index contributed by atoms with van der Waals surface area (Å²) in [6.07, 6.45) is 12.0. The van der Waals surface area contributed by atoms with Gasteiger partial charge < -0.3 is 4.74 Å². The monoisotopic (exact) mass is 368 g/mol. The second-order valence-electron chi connectivity index (χ2n) is 10.5. The highest BCUT2D eigenvalue weighted by molar-refractivity contribution is 5.91. The third-order valence-electron chi connectivity index (χ3n) is 9.70. The van der Waals surface area contributed by atoms with Crippen molar-refractivity contribution in [3.05, 3.63) is 23.8 Å². The fourth-order valence-corrected chi connectivity index (χ4v) is 7.93. The Morgan fingerprint density at radius 2 is 1.85 bits per heavy atom. The van der Waals surface area contributed by atoms with Crippen LogP contribution in [0.2, 0.25) is 0 Å². The van der Waals surface area contributed by atoms with Crippen molar-refractivity contribution in [3.8, 4) is 0 Å². The Bertz CT molecular complexity index is 778. The van der Waals surface area contributed by atoms with Gasteiger partial charge in [0.2, 0.25) is 0 Å². The molecule has 3 nitrogen and oxygen atoms in total. The molecule has 4 unspecified atom stereocenters. The van der Waals surface area contributed by atoms with Crippen LogP contribution in [0, 0.1) is 40.4 Å². The maximum atomic E-state index is 12.2. The molecule has 5 aliphatic rings. The van der Waals surface area contributed by atoms with Crippen molar-refractivity contribution in [2.75, 3.05) is 0 Å². The third kappa shape index (κ3) is 2.04. The van der Waals surface area contributed by atoms with Gasteiger partial charge in [-0.1, -0.05) is 39.3 Å². The van der Waals surface area contributed by atoms with E-state index in [-0.39, 0.29) is 22.4 Å². The number of carbonyl (C=O) groups is 2. The number of hydrogen-bond donors (Lipinski definition) is 0. The first kappa shape index (κ1) is 17.7. The van der Waals surface area contributed by atoms with E-state index in [9.17, 15) is 9.59 Å². The zero-order valence-electron chi connectivity index (χ0n) is 17.1. The Balaban J connectivity index is 1.57. The molecule has 1 heterocycles. The molecule has 0 aromatic heterocycles. The van der Waals surface area contributed by atoms with Crippen LogP contribution in [0.25, 0.3) is 0 Å². The maximum absolute atomic E-state index is 12.2. The zero-order chi connectivity index (χ0) is 19.2. The highest BCUT2D eigenvalue weighted by atomic mass is 16.6. The number of fused-ring (bicyclic) bond motifs is 6. The molecule has 1 aliphatic heterocycles. The lowest BCUT2D eigenvalue weighted by molar-refractivity contribution is -0.166. The van der Waals surface area contributed by atoms with Gasteiger partial charge in [-0.25, -0.2) is 0 Å². The number of ether oxygens (including phenoxy) is 1. The van der Waals surface area contributed by atoms with E-state index in [1.54, 1.807) is 0 Å². The molecular formula is C24H32O3. The highest BCUT2D eigenvalue weighted by Gasteiger charge is 2.66. The van der Waals surface area contributed by atoms with Crippen LogP contribution in [0.3, 0.4) is 0 Å². The van der Waals surface area contributed by atoms with Crippen molar-refractivity contribution in [2.45, 2.75) is 71.8 Å². The van der Waals surface area contributed by atoms with Crippen molar-refractivity contribution >= 4 is 11.8 Å². The quantitative estimate of drug-likeness (QED) is 0.453. The summed E-state index contributed by atoms with van der Waals surface area (Å²) >= 11 is 0. The van der Waals surface area contributed by atoms with Gasteiger partial charge in [-0.05, 0) is 66.4 Å². The fraction of sp³-hybridized carbons (Fsp3) is 0.750. The Kier molecular flexibility index (Phi) is 3.51. The summed E-state index contributed by atoms with van der Waals surface area (Å²) in [6, 6.07) is 0. The van der Waals surface area contributed by atoms with E-state index in [4.69, 9.17) is 4.74 Å². The lowest BCUT2D eigenvalue weighted by Crippen LogP contribution is -2.58. The summed E-state index contributed by atoms with van der Waals surface area (Å²) in [6.45, 7) is 9.53. The molecular weight excluding hydrogens is 336 g/mol. The van der Waals surface area contributed by atoms with E-state index in [1.807, 2.05) is 6.08 Å². The smallest absolute Gasteiger partial charge is 0.306 e. The maximum Gasteiger partial charge on any atom is 0.306 e. The molecule has 3 fully saturated rings. The normalized spacial score (nSPS) is 53.6. The van der Waals surface area contributed by atoms with Crippen LogP contribution in [0.5, 0.6) is 0 Å². The Hall–Kier alpha value is -1.38.